The summed E-state index contributed by atoms with van der Waals surface area (Å²) in [5.41, 5.74) is 1.52. The molecule has 1 atom stereocenters. The average molecular weight is 313 g/mol. The van der Waals surface area contributed by atoms with Crippen molar-refractivity contribution in [2.45, 2.75) is 33.2 Å². The van der Waals surface area contributed by atoms with Gasteiger partial charge < -0.3 is 10.4 Å². The van der Waals surface area contributed by atoms with Gasteiger partial charge in [-0.15, -0.1) is 0 Å². The monoisotopic (exact) mass is 312 g/mol. The van der Waals surface area contributed by atoms with Crippen LogP contribution in [0.5, 0.6) is 0 Å². The first-order chi connectivity index (χ1) is 9.79. The van der Waals surface area contributed by atoms with Gasteiger partial charge in [0.2, 0.25) is 5.91 Å². The first kappa shape index (κ1) is 17.5. The van der Waals surface area contributed by atoms with E-state index in [0.717, 1.165) is 5.56 Å². The maximum atomic E-state index is 11.8. The second-order valence-electron chi connectivity index (χ2n) is 5.43. The highest BCUT2D eigenvalue weighted by molar-refractivity contribution is 6.33. The molecule has 1 aromatic carbocycles. The Kier molecular flexibility index (Phi) is 6.65. The average Bonchev–Trinajstić information content (AvgIpc) is 2.37. The smallest absolute Gasteiger partial charge is 0.320 e. The molecule has 0 saturated heterocycles. The van der Waals surface area contributed by atoms with Crippen LogP contribution in [-0.4, -0.2) is 29.6 Å². The summed E-state index contributed by atoms with van der Waals surface area (Å²) in [4.78, 5) is 22.9. The van der Waals surface area contributed by atoms with Crippen LogP contribution in [0.1, 0.15) is 25.8 Å². The molecule has 0 aliphatic heterocycles. The van der Waals surface area contributed by atoms with Gasteiger partial charge in [0.15, 0.2) is 0 Å². The number of carbonyl (C=O) groups is 2. The van der Waals surface area contributed by atoms with E-state index in [0.29, 0.717) is 17.1 Å². The van der Waals surface area contributed by atoms with Crippen molar-refractivity contribution in [3.05, 3.63) is 28.8 Å². The molecule has 116 valence electrons. The molecule has 1 aromatic rings. The third-order valence-corrected chi connectivity index (χ3v) is 3.23. The standard InChI is InChI=1S/C15H21ClN2O3/c1-9(2)6-13(15(20)21)17-8-14(19)18-12-5-4-10(3)7-11(12)16/h4-5,7,9,13,17H,6,8H2,1-3H3,(H,18,19)(H,20,21). The van der Waals surface area contributed by atoms with Crippen molar-refractivity contribution in [2.75, 3.05) is 11.9 Å². The van der Waals surface area contributed by atoms with E-state index >= 15 is 0 Å². The highest BCUT2D eigenvalue weighted by Gasteiger charge is 2.19. The Morgan fingerprint density at radius 1 is 1.33 bits per heavy atom. The predicted octanol–water partition coefficient (Wildman–Crippen LogP) is 2.68. The number of aliphatic carboxylic acids is 1. The normalized spacial score (nSPS) is 12.2. The van der Waals surface area contributed by atoms with Gasteiger partial charge in [-0.3, -0.25) is 14.9 Å². The maximum absolute atomic E-state index is 11.8. The maximum Gasteiger partial charge on any atom is 0.320 e. The summed E-state index contributed by atoms with van der Waals surface area (Å²) < 4.78 is 0. The number of benzene rings is 1. The van der Waals surface area contributed by atoms with Gasteiger partial charge in [-0.1, -0.05) is 31.5 Å². The molecule has 0 heterocycles. The summed E-state index contributed by atoms with van der Waals surface area (Å²) in [6.45, 7) is 5.70. The van der Waals surface area contributed by atoms with Gasteiger partial charge in [0, 0.05) is 0 Å². The largest absolute Gasteiger partial charge is 0.480 e. The number of nitrogens with one attached hydrogen (secondary N) is 2. The van der Waals surface area contributed by atoms with E-state index in [9.17, 15) is 9.59 Å². The minimum atomic E-state index is -0.954. The Morgan fingerprint density at radius 3 is 2.52 bits per heavy atom. The van der Waals surface area contributed by atoms with Crippen molar-refractivity contribution >= 4 is 29.2 Å². The minimum absolute atomic E-state index is 0.0755. The van der Waals surface area contributed by atoms with Crippen LogP contribution >= 0.6 is 11.6 Å². The number of amides is 1. The molecule has 6 heteroatoms. The highest BCUT2D eigenvalue weighted by Crippen LogP contribution is 2.22. The number of rotatable bonds is 7. The van der Waals surface area contributed by atoms with Crippen molar-refractivity contribution in [2.24, 2.45) is 5.92 Å². The van der Waals surface area contributed by atoms with Gasteiger partial charge in [-0.25, -0.2) is 0 Å². The van der Waals surface area contributed by atoms with Crippen molar-refractivity contribution in [1.29, 1.82) is 0 Å². The number of aryl methyl sites for hydroxylation is 1. The Morgan fingerprint density at radius 2 is 2.00 bits per heavy atom. The van der Waals surface area contributed by atoms with E-state index < -0.39 is 12.0 Å². The number of carboxylic acids is 1. The third-order valence-electron chi connectivity index (χ3n) is 2.91. The third kappa shape index (κ3) is 6.14. The van der Waals surface area contributed by atoms with Gasteiger partial charge in [-0.05, 0) is 37.0 Å². The zero-order chi connectivity index (χ0) is 16.0. The van der Waals surface area contributed by atoms with Gasteiger partial charge in [-0.2, -0.15) is 0 Å². The fourth-order valence-corrected chi connectivity index (χ4v) is 2.16. The Balaban J connectivity index is 2.54. The van der Waals surface area contributed by atoms with Gasteiger partial charge >= 0.3 is 5.97 Å². The lowest BCUT2D eigenvalue weighted by Gasteiger charge is -2.16. The number of hydrogen-bond acceptors (Lipinski definition) is 3. The molecule has 0 aromatic heterocycles. The molecular weight excluding hydrogens is 292 g/mol. The van der Waals surface area contributed by atoms with Crippen LogP contribution in [0.25, 0.3) is 0 Å². The number of halogens is 1. The quantitative estimate of drug-likeness (QED) is 0.723. The van der Waals surface area contributed by atoms with E-state index in [-0.39, 0.29) is 18.4 Å². The summed E-state index contributed by atoms with van der Waals surface area (Å²) in [5.74, 6) is -1.05. The van der Waals surface area contributed by atoms with Crippen LogP contribution in [0.3, 0.4) is 0 Å². The molecule has 0 bridgehead atoms. The molecule has 1 amide bonds. The van der Waals surface area contributed by atoms with Crippen LogP contribution in [0, 0.1) is 12.8 Å². The highest BCUT2D eigenvalue weighted by atomic mass is 35.5. The summed E-state index contributed by atoms with van der Waals surface area (Å²) >= 11 is 6.03. The van der Waals surface area contributed by atoms with Gasteiger partial charge in [0.25, 0.3) is 0 Å². The molecule has 0 saturated carbocycles. The summed E-state index contributed by atoms with van der Waals surface area (Å²) in [6.07, 6.45) is 0.466. The van der Waals surface area contributed by atoms with Crippen LogP contribution in [-0.2, 0) is 9.59 Å². The van der Waals surface area contributed by atoms with Crippen molar-refractivity contribution in [3.63, 3.8) is 0 Å². The number of hydrogen-bond donors (Lipinski definition) is 3. The van der Waals surface area contributed by atoms with Gasteiger partial charge in [0.1, 0.15) is 6.04 Å². The Hall–Kier alpha value is -1.59. The summed E-state index contributed by atoms with van der Waals surface area (Å²) in [6, 6.07) is 4.58. The lowest BCUT2D eigenvalue weighted by atomic mass is 10.0. The number of carboxylic acid groups (broad SMARTS) is 1. The fourth-order valence-electron chi connectivity index (χ4n) is 1.87. The molecule has 5 nitrogen and oxygen atoms in total. The Labute approximate surface area is 129 Å². The summed E-state index contributed by atoms with van der Waals surface area (Å²) in [5, 5.41) is 14.9. The molecule has 1 rings (SSSR count). The molecule has 1 unspecified atom stereocenters. The summed E-state index contributed by atoms with van der Waals surface area (Å²) in [7, 11) is 0. The van der Waals surface area contributed by atoms with Crippen LogP contribution in [0.2, 0.25) is 5.02 Å². The van der Waals surface area contributed by atoms with Crippen molar-refractivity contribution in [3.8, 4) is 0 Å². The van der Waals surface area contributed by atoms with Crippen LogP contribution in [0.15, 0.2) is 18.2 Å². The van der Waals surface area contributed by atoms with Crippen molar-refractivity contribution < 1.29 is 14.7 Å². The van der Waals surface area contributed by atoms with E-state index in [1.807, 2.05) is 26.8 Å². The molecule has 0 radical (unpaired) electrons. The zero-order valence-corrected chi connectivity index (χ0v) is 13.2. The fraction of sp³-hybridized carbons (Fsp3) is 0.467. The van der Waals surface area contributed by atoms with E-state index in [1.54, 1.807) is 12.1 Å². The SMILES string of the molecule is Cc1ccc(NC(=O)CNC(CC(C)C)C(=O)O)c(Cl)c1. The molecule has 21 heavy (non-hydrogen) atoms. The first-order valence-electron chi connectivity index (χ1n) is 6.81. The Bertz CT molecular complexity index is 518. The van der Waals surface area contributed by atoms with Crippen LogP contribution < -0.4 is 10.6 Å². The van der Waals surface area contributed by atoms with E-state index in [4.69, 9.17) is 16.7 Å². The van der Waals surface area contributed by atoms with Crippen molar-refractivity contribution in [1.82, 2.24) is 5.32 Å². The predicted molar refractivity (Wildman–Crippen MR) is 83.7 cm³/mol. The van der Waals surface area contributed by atoms with E-state index in [1.165, 1.54) is 0 Å². The lowest BCUT2D eigenvalue weighted by Crippen LogP contribution is -2.42. The molecule has 0 fully saturated rings. The molecule has 0 aliphatic rings. The molecule has 3 N–H and O–H groups in total. The molecule has 0 spiro atoms. The second kappa shape index (κ2) is 8.00. The number of carbonyl (C=O) groups excluding carboxylic acids is 1. The van der Waals surface area contributed by atoms with Crippen LogP contribution in [0.4, 0.5) is 5.69 Å². The molecule has 0 aliphatic carbocycles. The zero-order valence-electron chi connectivity index (χ0n) is 12.4. The lowest BCUT2D eigenvalue weighted by molar-refractivity contribution is -0.139. The number of anilines is 1. The van der Waals surface area contributed by atoms with Gasteiger partial charge in [0.05, 0.1) is 17.3 Å². The molecular formula is C15H21ClN2O3. The van der Waals surface area contributed by atoms with E-state index in [2.05, 4.69) is 10.6 Å². The second-order valence-corrected chi connectivity index (χ2v) is 5.84. The minimum Gasteiger partial charge on any atom is -0.480 e. The topological polar surface area (TPSA) is 78.4 Å². The first-order valence-corrected chi connectivity index (χ1v) is 7.19.